The highest BCUT2D eigenvalue weighted by Crippen LogP contribution is 2.23. The highest BCUT2D eigenvalue weighted by molar-refractivity contribution is 5.75. The first-order chi connectivity index (χ1) is 7.43. The van der Waals surface area contributed by atoms with Crippen LogP contribution in [-0.2, 0) is 4.79 Å². The van der Waals surface area contributed by atoms with E-state index in [1.165, 1.54) is 0 Å². The van der Waals surface area contributed by atoms with Gasteiger partial charge in [0.15, 0.2) is 0 Å². The molecule has 0 fully saturated rings. The molecule has 0 saturated heterocycles. The van der Waals surface area contributed by atoms with Gasteiger partial charge < -0.3 is 10.2 Å². The number of aliphatic hydroxyl groups is 1. The van der Waals surface area contributed by atoms with Crippen LogP contribution in [0.3, 0.4) is 0 Å². The molecule has 2 atom stereocenters. The van der Waals surface area contributed by atoms with E-state index in [1.54, 1.807) is 31.2 Å². The molecule has 0 radical (unpaired) electrons. The van der Waals surface area contributed by atoms with Crippen molar-refractivity contribution in [2.75, 3.05) is 0 Å². The molecule has 3 nitrogen and oxygen atoms in total. The molecule has 0 unspecified atom stereocenters. The van der Waals surface area contributed by atoms with E-state index < -0.39 is 18.0 Å². The highest BCUT2D eigenvalue weighted by atomic mass is 16.4. The number of carboxylic acids is 1. The Morgan fingerprint density at radius 3 is 1.88 bits per heavy atom. The summed E-state index contributed by atoms with van der Waals surface area (Å²) in [5, 5.41) is 18.7. The van der Waals surface area contributed by atoms with Crippen LogP contribution in [0.15, 0.2) is 24.3 Å². The number of hydrogen-bond acceptors (Lipinski definition) is 2. The molecule has 0 spiro atoms. The third-order valence-corrected chi connectivity index (χ3v) is 2.78. The standard InChI is InChI=1S/C13H18O3/c1-8(2)12(14)11-6-4-10(5-7-11)9(3)13(15)16/h4-9,12,14H,1-3H3,(H,15,16)/t9-,12+/m1/s1. The first-order valence-electron chi connectivity index (χ1n) is 5.44. The molecular formula is C13H18O3. The molecule has 0 aromatic heterocycles. The quantitative estimate of drug-likeness (QED) is 0.823. The van der Waals surface area contributed by atoms with Crippen LogP contribution in [0.1, 0.15) is 43.9 Å². The molecule has 0 aliphatic rings. The van der Waals surface area contributed by atoms with Crippen molar-refractivity contribution in [2.45, 2.75) is 32.8 Å². The minimum atomic E-state index is -0.836. The van der Waals surface area contributed by atoms with E-state index in [-0.39, 0.29) is 5.92 Å². The zero-order valence-electron chi connectivity index (χ0n) is 9.84. The molecule has 0 bridgehead atoms. The summed E-state index contributed by atoms with van der Waals surface area (Å²) >= 11 is 0. The van der Waals surface area contributed by atoms with Crippen LogP contribution in [-0.4, -0.2) is 16.2 Å². The second-order valence-corrected chi connectivity index (χ2v) is 4.42. The summed E-state index contributed by atoms with van der Waals surface area (Å²) in [7, 11) is 0. The molecule has 3 heteroatoms. The largest absolute Gasteiger partial charge is 0.481 e. The third-order valence-electron chi connectivity index (χ3n) is 2.78. The van der Waals surface area contributed by atoms with Crippen LogP contribution in [0.25, 0.3) is 0 Å². The first-order valence-corrected chi connectivity index (χ1v) is 5.44. The summed E-state index contributed by atoms with van der Waals surface area (Å²) in [4.78, 5) is 10.8. The Bertz CT molecular complexity index is 354. The fraction of sp³-hybridized carbons (Fsp3) is 0.462. The third kappa shape index (κ3) is 2.83. The summed E-state index contributed by atoms with van der Waals surface area (Å²) in [5.41, 5.74) is 1.59. The van der Waals surface area contributed by atoms with Gasteiger partial charge in [0.2, 0.25) is 0 Å². The van der Waals surface area contributed by atoms with Crippen molar-refractivity contribution < 1.29 is 15.0 Å². The smallest absolute Gasteiger partial charge is 0.310 e. The lowest BCUT2D eigenvalue weighted by molar-refractivity contribution is -0.138. The summed E-state index contributed by atoms with van der Waals surface area (Å²) in [6, 6.07) is 7.11. The Morgan fingerprint density at radius 2 is 1.50 bits per heavy atom. The molecule has 16 heavy (non-hydrogen) atoms. The number of hydrogen-bond donors (Lipinski definition) is 2. The minimum Gasteiger partial charge on any atom is -0.481 e. The summed E-state index contributed by atoms with van der Waals surface area (Å²) in [5.74, 6) is -1.19. The Morgan fingerprint density at radius 1 is 1.06 bits per heavy atom. The molecule has 2 N–H and O–H groups in total. The fourth-order valence-corrected chi connectivity index (χ4v) is 1.51. The first kappa shape index (κ1) is 12.7. The van der Waals surface area contributed by atoms with E-state index in [9.17, 15) is 9.90 Å². The number of carbonyl (C=O) groups is 1. The number of benzene rings is 1. The Hall–Kier alpha value is -1.35. The Balaban J connectivity index is 2.87. The summed E-state index contributed by atoms with van der Waals surface area (Å²) < 4.78 is 0. The van der Waals surface area contributed by atoms with Crippen LogP contribution in [0, 0.1) is 5.92 Å². The fourth-order valence-electron chi connectivity index (χ4n) is 1.51. The molecule has 0 aliphatic heterocycles. The van der Waals surface area contributed by atoms with E-state index in [1.807, 2.05) is 13.8 Å². The Kier molecular flexibility index (Phi) is 4.07. The van der Waals surface area contributed by atoms with Gasteiger partial charge in [-0.2, -0.15) is 0 Å². The average Bonchev–Trinajstić information content (AvgIpc) is 2.27. The summed E-state index contributed by atoms with van der Waals surface area (Å²) in [6.45, 7) is 5.53. The predicted octanol–water partition coefficient (Wildman–Crippen LogP) is 2.56. The molecule has 0 aliphatic carbocycles. The van der Waals surface area contributed by atoms with Gasteiger partial charge in [-0.15, -0.1) is 0 Å². The average molecular weight is 222 g/mol. The van der Waals surface area contributed by atoms with E-state index in [0.29, 0.717) is 0 Å². The second kappa shape index (κ2) is 5.12. The molecule has 0 amide bonds. The van der Waals surface area contributed by atoms with Gasteiger partial charge in [-0.1, -0.05) is 38.1 Å². The van der Waals surface area contributed by atoms with Crippen molar-refractivity contribution in [2.24, 2.45) is 5.92 Å². The topological polar surface area (TPSA) is 57.5 Å². The molecule has 1 rings (SSSR count). The maximum atomic E-state index is 10.8. The predicted molar refractivity (Wildman–Crippen MR) is 62.3 cm³/mol. The Labute approximate surface area is 95.7 Å². The maximum Gasteiger partial charge on any atom is 0.310 e. The van der Waals surface area contributed by atoms with Gasteiger partial charge in [0, 0.05) is 0 Å². The lowest BCUT2D eigenvalue weighted by Gasteiger charge is -2.15. The van der Waals surface area contributed by atoms with Crippen molar-refractivity contribution in [3.8, 4) is 0 Å². The lowest BCUT2D eigenvalue weighted by atomic mass is 9.95. The van der Waals surface area contributed by atoms with Gasteiger partial charge in [-0.05, 0) is 24.0 Å². The number of rotatable bonds is 4. The van der Waals surface area contributed by atoms with Crippen LogP contribution >= 0.6 is 0 Å². The number of aliphatic hydroxyl groups excluding tert-OH is 1. The minimum absolute atomic E-state index is 0.155. The van der Waals surface area contributed by atoms with Gasteiger partial charge in [0.1, 0.15) is 0 Å². The molecule has 0 heterocycles. The van der Waals surface area contributed by atoms with Crippen LogP contribution < -0.4 is 0 Å². The van der Waals surface area contributed by atoms with Crippen LogP contribution in [0.2, 0.25) is 0 Å². The lowest BCUT2D eigenvalue weighted by Crippen LogP contribution is -2.09. The van der Waals surface area contributed by atoms with Crippen LogP contribution in [0.4, 0.5) is 0 Å². The number of aliphatic carboxylic acids is 1. The molecule has 88 valence electrons. The zero-order chi connectivity index (χ0) is 12.3. The van der Waals surface area contributed by atoms with E-state index in [2.05, 4.69) is 0 Å². The normalized spacial score (nSPS) is 14.8. The maximum absolute atomic E-state index is 10.8. The molecule has 0 saturated carbocycles. The van der Waals surface area contributed by atoms with Crippen molar-refractivity contribution in [1.82, 2.24) is 0 Å². The molecule has 1 aromatic rings. The highest BCUT2D eigenvalue weighted by Gasteiger charge is 2.15. The SMILES string of the molecule is CC(C)[C@H](O)c1ccc([C@@H](C)C(=O)O)cc1. The van der Waals surface area contributed by atoms with Gasteiger partial charge in [-0.25, -0.2) is 0 Å². The van der Waals surface area contributed by atoms with Crippen molar-refractivity contribution in [3.63, 3.8) is 0 Å². The van der Waals surface area contributed by atoms with Gasteiger partial charge in [0.25, 0.3) is 0 Å². The van der Waals surface area contributed by atoms with E-state index in [0.717, 1.165) is 11.1 Å². The van der Waals surface area contributed by atoms with Crippen molar-refractivity contribution in [1.29, 1.82) is 0 Å². The number of carboxylic acid groups (broad SMARTS) is 1. The van der Waals surface area contributed by atoms with Gasteiger partial charge in [0.05, 0.1) is 12.0 Å². The van der Waals surface area contributed by atoms with Crippen molar-refractivity contribution >= 4 is 5.97 Å². The monoisotopic (exact) mass is 222 g/mol. The van der Waals surface area contributed by atoms with Crippen LogP contribution in [0.5, 0.6) is 0 Å². The summed E-state index contributed by atoms with van der Waals surface area (Å²) in [6.07, 6.45) is -0.491. The van der Waals surface area contributed by atoms with E-state index in [4.69, 9.17) is 5.11 Å². The van der Waals surface area contributed by atoms with Crippen molar-refractivity contribution in [3.05, 3.63) is 35.4 Å². The second-order valence-electron chi connectivity index (χ2n) is 4.42. The molecule has 1 aromatic carbocycles. The van der Waals surface area contributed by atoms with Gasteiger partial charge in [-0.3, -0.25) is 4.79 Å². The van der Waals surface area contributed by atoms with Gasteiger partial charge >= 0.3 is 5.97 Å². The zero-order valence-corrected chi connectivity index (χ0v) is 9.84. The van der Waals surface area contributed by atoms with E-state index >= 15 is 0 Å². The molecular weight excluding hydrogens is 204 g/mol.